The molecule has 2 fully saturated rings. The molecule has 180 valence electrons. The first-order valence-electron chi connectivity index (χ1n) is 11.5. The lowest BCUT2D eigenvalue weighted by Gasteiger charge is -2.15. The fourth-order valence-electron chi connectivity index (χ4n) is 4.64. The number of hydrazine groups is 1. The van der Waals surface area contributed by atoms with E-state index in [9.17, 15) is 14.3 Å². The second-order valence-electron chi connectivity index (χ2n) is 8.92. The molecular weight excluding hydrogens is 439 g/mol. The summed E-state index contributed by atoms with van der Waals surface area (Å²) >= 11 is 0. The van der Waals surface area contributed by atoms with Crippen LogP contribution in [0.3, 0.4) is 0 Å². The Morgan fingerprint density at radius 1 is 1.15 bits per heavy atom. The third kappa shape index (κ3) is 4.76. The van der Waals surface area contributed by atoms with Crippen molar-refractivity contribution in [2.75, 3.05) is 33.3 Å². The number of rotatable bonds is 7. The van der Waals surface area contributed by atoms with Crippen molar-refractivity contribution in [3.05, 3.63) is 75.7 Å². The summed E-state index contributed by atoms with van der Waals surface area (Å²) in [5, 5.41) is 14.6. The summed E-state index contributed by atoms with van der Waals surface area (Å²) in [5.41, 5.74) is 8.43. The molecule has 3 aromatic rings. The van der Waals surface area contributed by atoms with E-state index in [-0.39, 0.29) is 18.3 Å². The molecule has 2 saturated heterocycles. The number of likely N-dealkylation sites (tertiary alicyclic amines) is 1. The summed E-state index contributed by atoms with van der Waals surface area (Å²) in [4.78, 5) is 15.5. The minimum Gasteiger partial charge on any atom is -0.497 e. The van der Waals surface area contributed by atoms with E-state index in [2.05, 4.69) is 20.9 Å². The van der Waals surface area contributed by atoms with Gasteiger partial charge in [0.1, 0.15) is 17.4 Å². The average molecular weight is 469 g/mol. The number of nitrogens with one attached hydrogen (secondary N) is 2. The highest BCUT2D eigenvalue weighted by atomic mass is 19.1. The third-order valence-electron chi connectivity index (χ3n) is 6.49. The van der Waals surface area contributed by atoms with E-state index < -0.39 is 5.82 Å². The zero-order valence-electron chi connectivity index (χ0n) is 19.1. The van der Waals surface area contributed by atoms with Gasteiger partial charge in [-0.05, 0) is 41.8 Å². The maximum Gasteiger partial charge on any atom is 0.351 e. The molecule has 3 N–H and O–H groups in total. The first-order chi connectivity index (χ1) is 16.5. The topological polar surface area (TPSA) is 96.6 Å². The van der Waals surface area contributed by atoms with E-state index in [1.807, 2.05) is 24.3 Å². The summed E-state index contributed by atoms with van der Waals surface area (Å²) in [6.07, 6.45) is 0.320. The van der Waals surface area contributed by atoms with Crippen LogP contribution in [-0.4, -0.2) is 63.7 Å². The molecule has 1 atom stereocenters. The molecule has 0 radical (unpaired) electrons. The smallest absolute Gasteiger partial charge is 0.351 e. The monoisotopic (exact) mass is 468 g/mol. The van der Waals surface area contributed by atoms with Crippen molar-refractivity contribution in [2.45, 2.75) is 31.5 Å². The van der Waals surface area contributed by atoms with Crippen LogP contribution in [0.2, 0.25) is 0 Å². The number of aromatic nitrogens is 3. The van der Waals surface area contributed by atoms with Crippen molar-refractivity contribution in [1.29, 1.82) is 0 Å². The maximum atomic E-state index is 14.1. The van der Waals surface area contributed by atoms with Crippen molar-refractivity contribution in [3.8, 4) is 11.4 Å². The van der Waals surface area contributed by atoms with Gasteiger partial charge in [-0.3, -0.25) is 20.3 Å². The Bertz CT molecular complexity index is 1200. The molecule has 2 aliphatic rings. The van der Waals surface area contributed by atoms with Crippen LogP contribution in [0.25, 0.3) is 5.69 Å². The van der Waals surface area contributed by atoms with Crippen LogP contribution in [0.5, 0.6) is 5.75 Å². The van der Waals surface area contributed by atoms with E-state index in [4.69, 9.17) is 4.74 Å². The van der Waals surface area contributed by atoms with E-state index in [0.29, 0.717) is 48.3 Å². The lowest BCUT2D eigenvalue weighted by molar-refractivity contribution is 0.173. The molecule has 34 heavy (non-hydrogen) atoms. The number of aliphatic hydroxyl groups is 1. The Balaban J connectivity index is 1.49. The predicted molar refractivity (Wildman–Crippen MR) is 125 cm³/mol. The predicted octanol–water partition coefficient (Wildman–Crippen LogP) is 0.988. The Morgan fingerprint density at radius 3 is 2.59 bits per heavy atom. The van der Waals surface area contributed by atoms with Crippen LogP contribution in [0.4, 0.5) is 4.39 Å². The molecule has 0 amide bonds. The second-order valence-corrected chi connectivity index (χ2v) is 8.92. The van der Waals surface area contributed by atoms with Gasteiger partial charge in [0.2, 0.25) is 0 Å². The van der Waals surface area contributed by atoms with Crippen LogP contribution in [0, 0.1) is 5.82 Å². The Morgan fingerprint density at radius 2 is 1.91 bits per heavy atom. The van der Waals surface area contributed by atoms with Gasteiger partial charge in [-0.1, -0.05) is 12.1 Å². The summed E-state index contributed by atoms with van der Waals surface area (Å²) in [6.45, 7) is 3.56. The van der Waals surface area contributed by atoms with Gasteiger partial charge in [-0.2, -0.15) is 4.68 Å². The highest BCUT2D eigenvalue weighted by molar-refractivity contribution is 5.36. The number of hydrogen-bond donors (Lipinski definition) is 3. The van der Waals surface area contributed by atoms with Gasteiger partial charge in [0, 0.05) is 38.2 Å². The summed E-state index contributed by atoms with van der Waals surface area (Å²) in [6, 6.07) is 12.3. The van der Waals surface area contributed by atoms with Gasteiger partial charge in [-0.15, -0.1) is 5.10 Å². The van der Waals surface area contributed by atoms with Gasteiger partial charge in [0.15, 0.2) is 0 Å². The van der Waals surface area contributed by atoms with E-state index in [1.165, 1.54) is 29.5 Å². The summed E-state index contributed by atoms with van der Waals surface area (Å²) in [5.74, 6) is 0.913. The summed E-state index contributed by atoms with van der Waals surface area (Å²) < 4.78 is 22.2. The minimum absolute atomic E-state index is 0.163. The first kappa shape index (κ1) is 22.7. The van der Waals surface area contributed by atoms with E-state index in [1.54, 1.807) is 10.6 Å². The fourth-order valence-corrected chi connectivity index (χ4v) is 4.64. The SMILES string of the molecule is COc1cc(F)cc(Cn2c(CN3CCC(O)C3)nn(-c3ccc(C4CNNC4)cc3)c2=O)c1. The van der Waals surface area contributed by atoms with Crippen LogP contribution in [-0.2, 0) is 13.1 Å². The van der Waals surface area contributed by atoms with E-state index in [0.717, 1.165) is 19.6 Å². The van der Waals surface area contributed by atoms with E-state index >= 15 is 0 Å². The van der Waals surface area contributed by atoms with Gasteiger partial charge in [0.25, 0.3) is 0 Å². The molecule has 1 aromatic heterocycles. The number of benzene rings is 2. The number of nitrogens with zero attached hydrogens (tertiary/aromatic N) is 4. The molecule has 0 aliphatic carbocycles. The lowest BCUT2D eigenvalue weighted by atomic mass is 10.0. The molecule has 10 heteroatoms. The van der Waals surface area contributed by atoms with Crippen molar-refractivity contribution in [1.82, 2.24) is 30.1 Å². The Kier molecular flexibility index (Phi) is 6.46. The molecule has 0 saturated carbocycles. The van der Waals surface area contributed by atoms with Crippen molar-refractivity contribution >= 4 is 0 Å². The molecular formula is C24H29FN6O3. The fraction of sp³-hybridized carbons (Fsp3) is 0.417. The van der Waals surface area contributed by atoms with Crippen LogP contribution < -0.4 is 21.3 Å². The average Bonchev–Trinajstić information content (AvgIpc) is 3.57. The van der Waals surface area contributed by atoms with Crippen LogP contribution in [0.15, 0.2) is 47.3 Å². The zero-order chi connectivity index (χ0) is 23.7. The van der Waals surface area contributed by atoms with Gasteiger partial charge in [-0.25, -0.2) is 9.18 Å². The Labute approximate surface area is 196 Å². The molecule has 5 rings (SSSR count). The summed E-state index contributed by atoms with van der Waals surface area (Å²) in [7, 11) is 1.48. The molecule has 2 aromatic carbocycles. The first-order valence-corrected chi connectivity index (χ1v) is 11.5. The lowest BCUT2D eigenvalue weighted by Crippen LogP contribution is -2.27. The largest absolute Gasteiger partial charge is 0.497 e. The molecule has 1 unspecified atom stereocenters. The highest BCUT2D eigenvalue weighted by Gasteiger charge is 2.24. The number of hydrogen-bond acceptors (Lipinski definition) is 7. The quantitative estimate of drug-likeness (QED) is 0.476. The number of ether oxygens (including phenoxy) is 1. The third-order valence-corrected chi connectivity index (χ3v) is 6.49. The second kappa shape index (κ2) is 9.67. The molecule has 2 aliphatic heterocycles. The number of halogens is 1. The number of aliphatic hydroxyl groups excluding tert-OH is 1. The Hall–Kier alpha value is -3.05. The van der Waals surface area contributed by atoms with Crippen molar-refractivity contribution < 1.29 is 14.2 Å². The van der Waals surface area contributed by atoms with Crippen LogP contribution >= 0.6 is 0 Å². The molecule has 3 heterocycles. The van der Waals surface area contributed by atoms with Crippen molar-refractivity contribution in [2.24, 2.45) is 0 Å². The maximum absolute atomic E-state index is 14.1. The van der Waals surface area contributed by atoms with Gasteiger partial charge >= 0.3 is 5.69 Å². The number of β-amino-alcohol motifs (C(OH)–C–C–N with tert-alkyl or cyclic N) is 1. The molecule has 0 spiro atoms. The minimum atomic E-state index is -0.425. The molecule has 0 bridgehead atoms. The highest BCUT2D eigenvalue weighted by Crippen LogP contribution is 2.20. The standard InChI is InChI=1S/C24H29FN6O3/c1-34-22-9-16(8-19(25)10-22)13-30-23(15-29-7-6-21(32)14-29)28-31(24(30)33)20-4-2-17(3-5-20)18-11-26-27-12-18/h2-5,8-10,18,21,26-27,32H,6-7,11-15H2,1H3. The van der Waals surface area contributed by atoms with Crippen molar-refractivity contribution in [3.63, 3.8) is 0 Å². The van der Waals surface area contributed by atoms with Gasteiger partial charge < -0.3 is 9.84 Å². The van der Waals surface area contributed by atoms with Crippen LogP contribution in [0.1, 0.15) is 29.3 Å². The number of methoxy groups -OCH3 is 1. The van der Waals surface area contributed by atoms with Gasteiger partial charge in [0.05, 0.1) is 32.0 Å². The zero-order valence-corrected chi connectivity index (χ0v) is 19.1. The molecule has 9 nitrogen and oxygen atoms in total. The normalized spacial score (nSPS) is 19.2.